The van der Waals surface area contributed by atoms with E-state index in [0.29, 0.717) is 4.57 Å². The summed E-state index contributed by atoms with van der Waals surface area (Å²) in [6, 6.07) is 4.70. The van der Waals surface area contributed by atoms with Gasteiger partial charge in [0.05, 0.1) is 12.0 Å². The lowest BCUT2D eigenvalue weighted by atomic mass is 9.96. The summed E-state index contributed by atoms with van der Waals surface area (Å²) in [5.41, 5.74) is -4.99. The number of carbonyl (C=O) groups is 1. The topological polar surface area (TPSA) is 189 Å². The number of carboxylic acids is 1. The molecule has 1 aliphatic heterocycles. The Labute approximate surface area is 192 Å². The number of aromatic amines is 1. The molecular formula is C19H24N3O10P. The number of carboxylic acid groups (broad SMARTS) is 1. The number of para-hydroxylation sites is 1. The number of benzene rings is 1. The fourth-order valence-corrected chi connectivity index (χ4v) is 4.21. The zero-order chi connectivity index (χ0) is 27.9. The molecular weight excluding hydrogens is 461 g/mol. The van der Waals surface area contributed by atoms with E-state index in [1.165, 1.54) is 24.3 Å². The van der Waals surface area contributed by atoms with Gasteiger partial charge < -0.3 is 24.6 Å². The zero-order valence-corrected chi connectivity index (χ0v) is 18.2. The van der Waals surface area contributed by atoms with Crippen LogP contribution >= 0.6 is 7.75 Å². The van der Waals surface area contributed by atoms with Crippen molar-refractivity contribution in [2.75, 3.05) is 6.56 Å². The summed E-state index contributed by atoms with van der Waals surface area (Å²) in [5.74, 6) is -1.57. The van der Waals surface area contributed by atoms with Crippen molar-refractivity contribution in [1.29, 1.82) is 0 Å². The minimum Gasteiger partial charge on any atom is -0.480 e. The van der Waals surface area contributed by atoms with Crippen molar-refractivity contribution in [2.24, 2.45) is 0 Å². The van der Waals surface area contributed by atoms with Gasteiger partial charge >= 0.3 is 19.4 Å². The fourth-order valence-electron chi connectivity index (χ4n) is 2.84. The molecule has 0 saturated carbocycles. The van der Waals surface area contributed by atoms with E-state index in [2.05, 4.69) is 5.09 Å². The minimum atomic E-state index is -4.88. The van der Waals surface area contributed by atoms with Crippen LogP contribution in [0.25, 0.3) is 0 Å². The van der Waals surface area contributed by atoms with Crippen molar-refractivity contribution in [3.63, 3.8) is 0 Å². The largest absolute Gasteiger partial charge is 0.480 e. The number of aliphatic carboxylic acids is 1. The predicted octanol–water partition coefficient (Wildman–Crippen LogP) is -0.188. The van der Waals surface area contributed by atoms with E-state index in [4.69, 9.17) is 19.3 Å². The highest BCUT2D eigenvalue weighted by molar-refractivity contribution is 7.52. The monoisotopic (exact) mass is 489 g/mol. The molecule has 2 heterocycles. The van der Waals surface area contributed by atoms with Crippen LogP contribution in [-0.4, -0.2) is 61.2 Å². The lowest BCUT2D eigenvalue weighted by Crippen LogP contribution is -2.47. The molecule has 1 fully saturated rings. The van der Waals surface area contributed by atoms with E-state index >= 15 is 0 Å². The number of aliphatic hydroxyl groups is 2. The summed E-state index contributed by atoms with van der Waals surface area (Å²) in [5, 5.41) is 32.9. The average Bonchev–Trinajstić information content (AvgIpc) is 3.02. The Balaban J connectivity index is 1.99. The van der Waals surface area contributed by atoms with Crippen molar-refractivity contribution < 1.29 is 43.9 Å². The Morgan fingerprint density at radius 3 is 2.76 bits per heavy atom. The highest BCUT2D eigenvalue weighted by Crippen LogP contribution is 2.46. The van der Waals surface area contributed by atoms with Gasteiger partial charge in [0, 0.05) is 12.2 Å². The number of aromatic nitrogens is 2. The van der Waals surface area contributed by atoms with Crippen LogP contribution in [0, 0.1) is 0 Å². The summed E-state index contributed by atoms with van der Waals surface area (Å²) >= 11 is 0. The Bertz CT molecular complexity index is 1340. The zero-order valence-electron chi connectivity index (χ0n) is 21.3. The maximum absolute atomic E-state index is 13.5. The molecule has 1 aliphatic rings. The molecule has 1 unspecified atom stereocenters. The molecule has 33 heavy (non-hydrogen) atoms. The number of hydrogen-bond acceptors (Lipinski definition) is 9. The summed E-state index contributed by atoms with van der Waals surface area (Å²) in [6.45, 7) is -1.27. The van der Waals surface area contributed by atoms with Gasteiger partial charge in [0.15, 0.2) is 6.23 Å². The molecule has 2 aromatic rings. The third-order valence-corrected chi connectivity index (χ3v) is 6.11. The number of nitrogens with zero attached hydrogens (tertiary/aromatic N) is 1. The van der Waals surface area contributed by atoms with Crippen LogP contribution in [0.5, 0.6) is 5.75 Å². The number of aliphatic hydroxyl groups excluding tert-OH is 1. The second kappa shape index (κ2) is 9.59. The summed E-state index contributed by atoms with van der Waals surface area (Å²) < 4.78 is 61.6. The van der Waals surface area contributed by atoms with Crippen LogP contribution in [0.3, 0.4) is 0 Å². The van der Waals surface area contributed by atoms with Crippen LogP contribution in [0.4, 0.5) is 0 Å². The molecule has 5 N–H and O–H groups in total. The van der Waals surface area contributed by atoms with Gasteiger partial charge in [-0.2, -0.15) is 5.09 Å². The molecule has 1 aromatic heterocycles. The van der Waals surface area contributed by atoms with Gasteiger partial charge in [-0.15, -0.1) is 0 Å². The van der Waals surface area contributed by atoms with Gasteiger partial charge in [0.25, 0.3) is 5.56 Å². The molecule has 14 heteroatoms. The van der Waals surface area contributed by atoms with Crippen LogP contribution in [-0.2, 0) is 18.6 Å². The van der Waals surface area contributed by atoms with Gasteiger partial charge in [-0.05, 0) is 26.0 Å². The van der Waals surface area contributed by atoms with Gasteiger partial charge in [0.1, 0.15) is 29.6 Å². The minimum absolute atomic E-state index is 0.0916. The average molecular weight is 489 g/mol. The first-order chi connectivity index (χ1) is 17.0. The Morgan fingerprint density at radius 1 is 1.45 bits per heavy atom. The van der Waals surface area contributed by atoms with Crippen LogP contribution in [0.2, 0.25) is 0 Å². The van der Waals surface area contributed by atoms with E-state index in [1.807, 2.05) is 0 Å². The van der Waals surface area contributed by atoms with Gasteiger partial charge in [-0.1, -0.05) is 18.2 Å². The number of hydrogen-bond donors (Lipinski definition) is 5. The molecule has 3 rings (SSSR count). The standard InChI is InChI=1S/C19H24N3O10P/c1-11(16(25)26)21-33(29,32-12-6-4-3-5-7-12)30-10-13-15(24)19(2,28)17(31-13)22-9-8-14(23)20-18(22)27/h3-9,11,13,15,17,24,28H,10H2,1-2H3,(H,21,29)(H,25,26)(H,20,23,27)/t11-,13+,15+,17+,19+,33?/m0/s1/i8D,9D,10D2. The van der Waals surface area contributed by atoms with E-state index in [1.54, 1.807) is 11.1 Å². The Morgan fingerprint density at radius 2 is 2.12 bits per heavy atom. The second-order valence-electron chi connectivity index (χ2n) is 7.25. The van der Waals surface area contributed by atoms with Crippen molar-refractivity contribution in [2.45, 2.75) is 43.9 Å². The summed E-state index contributed by atoms with van der Waals surface area (Å²) in [4.78, 5) is 37.0. The van der Waals surface area contributed by atoms with Gasteiger partial charge in [-0.25, -0.2) is 9.36 Å². The first-order valence-corrected chi connectivity index (χ1v) is 11.0. The maximum atomic E-state index is 13.5. The highest BCUT2D eigenvalue weighted by Gasteiger charge is 2.54. The van der Waals surface area contributed by atoms with Crippen molar-refractivity contribution in [3.8, 4) is 5.75 Å². The number of nitrogens with one attached hydrogen (secondary N) is 2. The normalized spacial score (nSPS) is 29.8. The third-order valence-electron chi connectivity index (χ3n) is 4.60. The maximum Gasteiger partial charge on any atom is 0.459 e. The smallest absolute Gasteiger partial charge is 0.459 e. The van der Waals surface area contributed by atoms with E-state index in [0.717, 1.165) is 13.8 Å². The van der Waals surface area contributed by atoms with Crippen molar-refractivity contribution in [3.05, 3.63) is 63.4 Å². The molecule has 13 nitrogen and oxygen atoms in total. The summed E-state index contributed by atoms with van der Waals surface area (Å²) in [7, 11) is -4.88. The Hall–Kier alpha value is -2.80. The second-order valence-corrected chi connectivity index (χ2v) is 8.86. The lowest BCUT2D eigenvalue weighted by molar-refractivity contribution is -0.138. The predicted molar refractivity (Wildman–Crippen MR) is 113 cm³/mol. The molecule has 1 aromatic carbocycles. The molecule has 0 radical (unpaired) electrons. The van der Waals surface area contributed by atoms with Gasteiger partial charge in [-0.3, -0.25) is 23.7 Å². The number of H-pyrrole nitrogens is 1. The molecule has 0 bridgehead atoms. The lowest BCUT2D eigenvalue weighted by Gasteiger charge is -2.27. The Kier molecular flexibility index (Phi) is 5.71. The van der Waals surface area contributed by atoms with E-state index in [9.17, 15) is 34.3 Å². The first-order valence-electron chi connectivity index (χ1n) is 11.4. The number of rotatable bonds is 9. The molecule has 0 spiro atoms. The SMILES string of the molecule is [2H]c1c([2H])n([C@@H]2O[C@H](C([2H])([2H])OP(=O)(N[C@@H](C)C(=O)O)Oc3ccccc3)[C@@H](O)[C@@]2(C)O)c(=O)[nH]c1=O. The number of ether oxygens (including phenoxy) is 1. The van der Waals surface area contributed by atoms with Crippen LogP contribution in [0.15, 0.2) is 52.1 Å². The van der Waals surface area contributed by atoms with E-state index < -0.39 is 73.8 Å². The molecule has 6 atom stereocenters. The van der Waals surface area contributed by atoms with E-state index in [-0.39, 0.29) is 5.75 Å². The van der Waals surface area contributed by atoms with Crippen LogP contribution < -0.4 is 20.9 Å². The van der Waals surface area contributed by atoms with Crippen molar-refractivity contribution >= 4 is 13.7 Å². The molecule has 1 saturated heterocycles. The van der Waals surface area contributed by atoms with Crippen molar-refractivity contribution in [1.82, 2.24) is 14.6 Å². The molecule has 0 aliphatic carbocycles. The fraction of sp³-hybridized carbons (Fsp3) is 0.421. The first kappa shape index (κ1) is 19.6. The highest BCUT2D eigenvalue weighted by atomic mass is 31.2. The summed E-state index contributed by atoms with van der Waals surface area (Å²) in [6.07, 6.45) is -7.40. The molecule has 0 amide bonds. The quantitative estimate of drug-likeness (QED) is 0.294. The molecule has 180 valence electrons. The third kappa shape index (κ3) is 5.58. The van der Waals surface area contributed by atoms with Gasteiger partial charge in [0.2, 0.25) is 0 Å². The van der Waals surface area contributed by atoms with Crippen LogP contribution in [0.1, 0.15) is 25.6 Å².